The number of anilines is 2. The van der Waals surface area contributed by atoms with Crippen LogP contribution < -0.4 is 15.0 Å². The van der Waals surface area contributed by atoms with Gasteiger partial charge in [-0.3, -0.25) is 4.79 Å². The Morgan fingerprint density at radius 2 is 2.00 bits per heavy atom. The third-order valence-electron chi connectivity index (χ3n) is 3.98. The van der Waals surface area contributed by atoms with Crippen molar-refractivity contribution in [1.29, 1.82) is 0 Å². The number of morpholine rings is 1. The lowest BCUT2D eigenvalue weighted by Gasteiger charge is -2.29. The van der Waals surface area contributed by atoms with Gasteiger partial charge in [0.05, 0.1) is 31.6 Å². The summed E-state index contributed by atoms with van der Waals surface area (Å²) < 4.78 is 25.5. The second kappa shape index (κ2) is 7.84. The Labute approximate surface area is 153 Å². The van der Waals surface area contributed by atoms with Crippen LogP contribution in [0.5, 0.6) is 5.75 Å². The van der Waals surface area contributed by atoms with E-state index < -0.39 is 0 Å². The molecule has 1 fully saturated rings. The highest BCUT2D eigenvalue weighted by Crippen LogP contribution is 2.26. The maximum atomic E-state index is 14.4. The molecule has 0 bridgehead atoms. The van der Waals surface area contributed by atoms with Crippen LogP contribution in [-0.4, -0.2) is 39.3 Å². The molecular formula is C18H18BrFN2O3. The maximum Gasteiger partial charge on any atom is 0.256 e. The highest BCUT2D eigenvalue weighted by atomic mass is 79.9. The average molecular weight is 409 g/mol. The number of carbonyl (C=O) groups excluding carboxylic acids is 1. The Morgan fingerprint density at radius 1 is 1.24 bits per heavy atom. The highest BCUT2D eigenvalue weighted by molar-refractivity contribution is 9.10. The van der Waals surface area contributed by atoms with Crippen LogP contribution in [0.25, 0.3) is 0 Å². The first-order valence-corrected chi connectivity index (χ1v) is 8.65. The van der Waals surface area contributed by atoms with Gasteiger partial charge in [0, 0.05) is 23.2 Å². The van der Waals surface area contributed by atoms with Gasteiger partial charge in [0.25, 0.3) is 5.91 Å². The van der Waals surface area contributed by atoms with Crippen LogP contribution in [-0.2, 0) is 4.74 Å². The number of amides is 1. The van der Waals surface area contributed by atoms with Crippen molar-refractivity contribution in [2.75, 3.05) is 43.6 Å². The van der Waals surface area contributed by atoms with Crippen molar-refractivity contribution in [3.63, 3.8) is 0 Å². The zero-order valence-electron chi connectivity index (χ0n) is 13.7. The fourth-order valence-electron chi connectivity index (χ4n) is 2.65. The molecule has 132 valence electrons. The van der Waals surface area contributed by atoms with Gasteiger partial charge >= 0.3 is 0 Å². The molecule has 7 heteroatoms. The Morgan fingerprint density at radius 3 is 2.68 bits per heavy atom. The molecule has 1 heterocycles. The molecule has 0 atom stereocenters. The lowest BCUT2D eigenvalue weighted by atomic mass is 10.2. The predicted molar refractivity (Wildman–Crippen MR) is 98.1 cm³/mol. The molecule has 1 amide bonds. The number of nitrogens with zero attached hydrogens (tertiary/aromatic N) is 1. The van der Waals surface area contributed by atoms with E-state index in [4.69, 9.17) is 9.47 Å². The van der Waals surface area contributed by atoms with E-state index in [1.54, 1.807) is 30.3 Å². The first kappa shape index (κ1) is 17.7. The van der Waals surface area contributed by atoms with E-state index in [0.717, 1.165) is 0 Å². The minimum atomic E-state index is -0.371. The Bertz CT molecular complexity index is 779. The van der Waals surface area contributed by atoms with Gasteiger partial charge in [-0.2, -0.15) is 0 Å². The number of hydrogen-bond acceptors (Lipinski definition) is 4. The smallest absolute Gasteiger partial charge is 0.256 e. The van der Waals surface area contributed by atoms with Crippen molar-refractivity contribution in [2.24, 2.45) is 0 Å². The molecular weight excluding hydrogens is 391 g/mol. The fourth-order valence-corrected chi connectivity index (χ4v) is 3.08. The molecule has 1 N–H and O–H groups in total. The van der Waals surface area contributed by atoms with Crippen LogP contribution in [0, 0.1) is 5.82 Å². The Hall–Kier alpha value is -2.12. The Balaban J connectivity index is 1.76. The summed E-state index contributed by atoms with van der Waals surface area (Å²) in [6.45, 7) is 2.47. The first-order valence-electron chi connectivity index (χ1n) is 7.85. The van der Waals surface area contributed by atoms with E-state index >= 15 is 0 Å². The van der Waals surface area contributed by atoms with Gasteiger partial charge in [0.1, 0.15) is 11.6 Å². The number of methoxy groups -OCH3 is 1. The summed E-state index contributed by atoms with van der Waals surface area (Å²) >= 11 is 3.34. The van der Waals surface area contributed by atoms with Gasteiger partial charge in [0.15, 0.2) is 0 Å². The Kier molecular flexibility index (Phi) is 5.55. The van der Waals surface area contributed by atoms with Crippen molar-refractivity contribution in [2.45, 2.75) is 0 Å². The van der Waals surface area contributed by atoms with Crippen molar-refractivity contribution in [3.05, 3.63) is 52.3 Å². The van der Waals surface area contributed by atoms with E-state index in [9.17, 15) is 9.18 Å². The minimum absolute atomic E-state index is 0.343. The number of halogens is 2. The molecule has 0 aliphatic carbocycles. The molecule has 0 saturated carbocycles. The standard InChI is InChI=1S/C18H18BrFN2O3/c1-24-13-3-4-15(19)14(11-13)18(23)21-12-2-5-17(16(20)10-12)22-6-8-25-9-7-22/h2-5,10-11H,6-9H2,1H3,(H,21,23). The molecule has 0 aromatic heterocycles. The molecule has 2 aromatic rings. The topological polar surface area (TPSA) is 50.8 Å². The maximum absolute atomic E-state index is 14.4. The van der Waals surface area contributed by atoms with Crippen LogP contribution in [0.2, 0.25) is 0 Å². The van der Waals surface area contributed by atoms with Gasteiger partial charge in [-0.15, -0.1) is 0 Å². The number of hydrogen-bond donors (Lipinski definition) is 1. The number of rotatable bonds is 4. The molecule has 0 radical (unpaired) electrons. The van der Waals surface area contributed by atoms with E-state index in [1.807, 2.05) is 4.90 Å². The number of ether oxygens (including phenoxy) is 2. The van der Waals surface area contributed by atoms with E-state index in [1.165, 1.54) is 13.2 Å². The predicted octanol–water partition coefficient (Wildman–Crippen LogP) is 3.69. The first-order chi connectivity index (χ1) is 12.1. The molecule has 25 heavy (non-hydrogen) atoms. The van der Waals surface area contributed by atoms with Crippen LogP contribution in [0.3, 0.4) is 0 Å². The van der Waals surface area contributed by atoms with Crippen LogP contribution in [0.4, 0.5) is 15.8 Å². The molecule has 1 aliphatic rings. The summed E-state index contributed by atoms with van der Waals surface area (Å²) in [7, 11) is 1.53. The summed E-state index contributed by atoms with van der Waals surface area (Å²) in [6, 6.07) is 9.80. The SMILES string of the molecule is COc1ccc(Br)c(C(=O)Nc2ccc(N3CCOCC3)c(F)c2)c1. The summed E-state index contributed by atoms with van der Waals surface area (Å²) in [5, 5.41) is 2.71. The third kappa shape index (κ3) is 4.11. The fraction of sp³-hybridized carbons (Fsp3) is 0.278. The van der Waals surface area contributed by atoms with E-state index in [-0.39, 0.29) is 11.7 Å². The van der Waals surface area contributed by atoms with Gasteiger partial charge in [-0.25, -0.2) is 4.39 Å². The van der Waals surface area contributed by atoms with Crippen molar-refractivity contribution >= 4 is 33.2 Å². The monoisotopic (exact) mass is 408 g/mol. The van der Waals surface area contributed by atoms with Crippen molar-refractivity contribution in [1.82, 2.24) is 0 Å². The number of carbonyl (C=O) groups is 1. The molecule has 1 aliphatic heterocycles. The molecule has 2 aromatic carbocycles. The molecule has 0 unspecified atom stereocenters. The molecule has 3 rings (SSSR count). The average Bonchev–Trinajstić information content (AvgIpc) is 2.63. The van der Waals surface area contributed by atoms with Crippen molar-refractivity contribution in [3.8, 4) is 5.75 Å². The molecule has 5 nitrogen and oxygen atoms in total. The second-order valence-electron chi connectivity index (χ2n) is 5.57. The van der Waals surface area contributed by atoms with Crippen LogP contribution >= 0.6 is 15.9 Å². The van der Waals surface area contributed by atoms with Gasteiger partial charge in [-0.1, -0.05) is 0 Å². The zero-order valence-corrected chi connectivity index (χ0v) is 15.3. The number of nitrogens with one attached hydrogen (secondary N) is 1. The van der Waals surface area contributed by atoms with Crippen LogP contribution in [0.1, 0.15) is 10.4 Å². The van der Waals surface area contributed by atoms with Gasteiger partial charge in [-0.05, 0) is 52.3 Å². The van der Waals surface area contributed by atoms with Gasteiger partial charge < -0.3 is 19.7 Å². The minimum Gasteiger partial charge on any atom is -0.497 e. The lowest BCUT2D eigenvalue weighted by Crippen LogP contribution is -2.36. The highest BCUT2D eigenvalue weighted by Gasteiger charge is 2.17. The zero-order chi connectivity index (χ0) is 17.8. The largest absolute Gasteiger partial charge is 0.497 e. The summed E-state index contributed by atoms with van der Waals surface area (Å²) in [4.78, 5) is 14.4. The number of benzene rings is 2. The van der Waals surface area contributed by atoms with Crippen LogP contribution in [0.15, 0.2) is 40.9 Å². The van der Waals surface area contributed by atoms with E-state index in [0.29, 0.717) is 53.5 Å². The summed E-state index contributed by atoms with van der Waals surface area (Å²) in [5.41, 5.74) is 1.33. The third-order valence-corrected chi connectivity index (χ3v) is 4.67. The van der Waals surface area contributed by atoms with Gasteiger partial charge in [0.2, 0.25) is 0 Å². The lowest BCUT2D eigenvalue weighted by molar-refractivity contribution is 0.102. The van der Waals surface area contributed by atoms with Crippen molar-refractivity contribution < 1.29 is 18.7 Å². The molecule has 0 spiro atoms. The normalized spacial score (nSPS) is 14.3. The molecule has 1 saturated heterocycles. The van der Waals surface area contributed by atoms with E-state index in [2.05, 4.69) is 21.2 Å². The summed E-state index contributed by atoms with van der Waals surface area (Å²) in [5.74, 6) is -0.143. The summed E-state index contributed by atoms with van der Waals surface area (Å²) in [6.07, 6.45) is 0. The quantitative estimate of drug-likeness (QED) is 0.837. The second-order valence-corrected chi connectivity index (χ2v) is 6.42.